The zero-order chi connectivity index (χ0) is 24.6. The van der Waals surface area contributed by atoms with Gasteiger partial charge in [0.15, 0.2) is 0 Å². The summed E-state index contributed by atoms with van der Waals surface area (Å²) in [5.41, 5.74) is 1.24. The predicted molar refractivity (Wildman–Crippen MR) is 123 cm³/mol. The topological polar surface area (TPSA) is 84.5 Å². The molecule has 10 heteroatoms. The van der Waals surface area contributed by atoms with Gasteiger partial charge in [0.25, 0.3) is 0 Å². The molecule has 182 valence electrons. The summed E-state index contributed by atoms with van der Waals surface area (Å²) < 4.78 is 70.4. The Kier molecular flexibility index (Phi) is 6.37. The quantitative estimate of drug-likeness (QED) is 0.579. The molecule has 4 rings (SSSR count). The molecule has 2 aliphatic rings. The summed E-state index contributed by atoms with van der Waals surface area (Å²) in [6, 6.07) is 10.2. The molecule has 0 atom stereocenters. The maximum absolute atomic E-state index is 13.2. The number of amides is 1. The number of nitrogens with one attached hydrogen (secondary N) is 2. The monoisotopic (exact) mass is 494 g/mol. The normalized spacial score (nSPS) is 18.1. The van der Waals surface area contributed by atoms with Crippen LogP contribution in [0.15, 0.2) is 48.5 Å². The number of carbonyl (C=O) groups excluding carboxylic acids is 1. The molecule has 2 aromatic carbocycles. The Morgan fingerprint density at radius 3 is 2.44 bits per heavy atom. The number of alkyl halides is 3. The van der Waals surface area contributed by atoms with E-state index in [9.17, 15) is 26.4 Å². The first-order valence-electron chi connectivity index (χ1n) is 10.9. The maximum Gasteiger partial charge on any atom is 0.416 e. The summed E-state index contributed by atoms with van der Waals surface area (Å²) in [6.07, 6.45) is 1.49. The van der Waals surface area contributed by atoms with E-state index in [4.69, 9.17) is 4.74 Å². The van der Waals surface area contributed by atoms with Crippen LogP contribution < -0.4 is 14.8 Å². The third-order valence-electron chi connectivity index (χ3n) is 6.03. The first kappa shape index (κ1) is 24.1. The molecule has 1 aliphatic carbocycles. The van der Waals surface area contributed by atoms with Gasteiger partial charge < -0.3 is 10.1 Å². The van der Waals surface area contributed by atoms with Gasteiger partial charge >= 0.3 is 6.18 Å². The van der Waals surface area contributed by atoms with Crippen LogP contribution in [0.25, 0.3) is 5.57 Å². The lowest BCUT2D eigenvalue weighted by molar-refractivity contribution is -0.138. The van der Waals surface area contributed by atoms with E-state index in [1.54, 1.807) is 24.3 Å². The molecule has 2 aromatic rings. The zero-order valence-corrected chi connectivity index (χ0v) is 19.4. The van der Waals surface area contributed by atoms with Gasteiger partial charge in [-0.2, -0.15) is 13.2 Å². The minimum Gasteiger partial charge on any atom is -0.486 e. The van der Waals surface area contributed by atoms with Gasteiger partial charge in [-0.15, -0.1) is 0 Å². The Bertz CT molecular complexity index is 1220. The van der Waals surface area contributed by atoms with Crippen LogP contribution in [-0.2, 0) is 27.4 Å². The van der Waals surface area contributed by atoms with E-state index in [0.717, 1.165) is 43.2 Å². The van der Waals surface area contributed by atoms with Crippen LogP contribution in [0.4, 0.5) is 18.9 Å². The summed E-state index contributed by atoms with van der Waals surface area (Å²) in [6.45, 7) is 0.350. The van der Waals surface area contributed by atoms with Crippen molar-refractivity contribution in [3.8, 4) is 5.75 Å². The van der Waals surface area contributed by atoms with Crippen molar-refractivity contribution >= 4 is 27.2 Å². The minimum atomic E-state index is -4.47. The van der Waals surface area contributed by atoms with E-state index < -0.39 is 27.4 Å². The second kappa shape index (κ2) is 8.98. The van der Waals surface area contributed by atoms with Crippen molar-refractivity contribution in [2.75, 3.05) is 17.5 Å². The average molecular weight is 495 g/mol. The highest BCUT2D eigenvalue weighted by Crippen LogP contribution is 2.50. The molecule has 2 N–H and O–H groups in total. The van der Waals surface area contributed by atoms with Crippen molar-refractivity contribution in [2.45, 2.75) is 43.9 Å². The van der Waals surface area contributed by atoms with Gasteiger partial charge in [0, 0.05) is 30.3 Å². The molecule has 1 heterocycles. The highest BCUT2D eigenvalue weighted by molar-refractivity contribution is 7.92. The van der Waals surface area contributed by atoms with E-state index in [1.165, 1.54) is 12.1 Å². The molecule has 0 unspecified atom stereocenters. The van der Waals surface area contributed by atoms with Crippen molar-refractivity contribution in [3.05, 3.63) is 65.2 Å². The fourth-order valence-corrected chi connectivity index (χ4v) is 4.80. The van der Waals surface area contributed by atoms with E-state index in [-0.39, 0.29) is 11.7 Å². The number of halogens is 3. The Balaban J connectivity index is 1.42. The number of benzene rings is 2. The van der Waals surface area contributed by atoms with Gasteiger partial charge in [0.05, 0.1) is 11.8 Å². The summed E-state index contributed by atoms with van der Waals surface area (Å²) in [4.78, 5) is 12.6. The van der Waals surface area contributed by atoms with Crippen LogP contribution in [0.5, 0.6) is 5.75 Å². The lowest BCUT2D eigenvalue weighted by atomic mass is 9.72. The highest BCUT2D eigenvalue weighted by atomic mass is 32.2. The molecule has 0 bridgehead atoms. The van der Waals surface area contributed by atoms with Crippen molar-refractivity contribution in [1.82, 2.24) is 5.32 Å². The largest absolute Gasteiger partial charge is 0.486 e. The molecule has 0 aromatic heterocycles. The van der Waals surface area contributed by atoms with Gasteiger partial charge in [-0.3, -0.25) is 9.52 Å². The molecular weight excluding hydrogens is 469 g/mol. The third kappa shape index (κ3) is 5.72. The van der Waals surface area contributed by atoms with E-state index in [1.807, 2.05) is 0 Å². The van der Waals surface area contributed by atoms with Crippen molar-refractivity contribution in [1.29, 1.82) is 0 Å². The van der Waals surface area contributed by atoms with Crippen LogP contribution in [-0.4, -0.2) is 32.7 Å². The number of fused-ring (bicyclic) bond motifs is 1. The SMILES string of the molecule is CS(=O)(=O)Nc1ccc(CCNC(=O)/C=C2\CC3(CCC3)Oc3cc(C(F)(F)F)ccc32)cc1. The van der Waals surface area contributed by atoms with Crippen LogP contribution in [0.2, 0.25) is 0 Å². The van der Waals surface area contributed by atoms with E-state index in [0.29, 0.717) is 36.2 Å². The summed E-state index contributed by atoms with van der Waals surface area (Å²) in [7, 11) is -3.35. The van der Waals surface area contributed by atoms with Crippen molar-refractivity contribution in [3.63, 3.8) is 0 Å². The maximum atomic E-state index is 13.2. The van der Waals surface area contributed by atoms with Crippen LogP contribution in [0, 0.1) is 0 Å². The number of carbonyl (C=O) groups is 1. The molecule has 1 spiro atoms. The van der Waals surface area contributed by atoms with Crippen molar-refractivity contribution in [2.24, 2.45) is 0 Å². The first-order chi connectivity index (χ1) is 15.9. The van der Waals surface area contributed by atoms with Crippen LogP contribution in [0.1, 0.15) is 42.4 Å². The van der Waals surface area contributed by atoms with Gasteiger partial charge in [0.2, 0.25) is 15.9 Å². The van der Waals surface area contributed by atoms with E-state index in [2.05, 4.69) is 10.0 Å². The molecule has 1 aliphatic heterocycles. The average Bonchev–Trinajstić information content (AvgIpc) is 2.71. The molecule has 1 saturated carbocycles. The van der Waals surface area contributed by atoms with Crippen LogP contribution >= 0.6 is 0 Å². The molecule has 0 saturated heterocycles. The number of ether oxygens (including phenoxy) is 1. The van der Waals surface area contributed by atoms with Gasteiger partial charge in [-0.1, -0.05) is 18.2 Å². The zero-order valence-electron chi connectivity index (χ0n) is 18.5. The molecular formula is C24H25F3N2O4S. The Morgan fingerprint density at radius 2 is 1.85 bits per heavy atom. The highest BCUT2D eigenvalue weighted by Gasteiger charge is 2.44. The standard InChI is InChI=1S/C24H25F3N2O4S/c1-34(31,32)29-19-6-3-16(4-7-19)9-12-28-22(30)13-17-15-23(10-2-11-23)33-21-14-18(24(25,26)27)5-8-20(17)21/h3-8,13-14,29H,2,9-12,15H2,1H3,(H,28,30)/b17-13+. The van der Waals surface area contributed by atoms with Crippen molar-refractivity contribution < 1.29 is 31.1 Å². The smallest absolute Gasteiger partial charge is 0.416 e. The molecule has 34 heavy (non-hydrogen) atoms. The van der Waals surface area contributed by atoms with Gasteiger partial charge in [0.1, 0.15) is 11.4 Å². The number of hydrogen-bond donors (Lipinski definition) is 2. The summed E-state index contributed by atoms with van der Waals surface area (Å²) in [5, 5.41) is 2.81. The number of hydrogen-bond acceptors (Lipinski definition) is 4. The lowest BCUT2D eigenvalue weighted by Crippen LogP contribution is -2.45. The Morgan fingerprint density at radius 1 is 1.15 bits per heavy atom. The predicted octanol–water partition coefficient (Wildman–Crippen LogP) is 4.52. The molecule has 1 fully saturated rings. The third-order valence-corrected chi connectivity index (χ3v) is 6.64. The summed E-state index contributed by atoms with van der Waals surface area (Å²) in [5.74, 6) is -0.157. The molecule has 1 amide bonds. The van der Waals surface area contributed by atoms with E-state index >= 15 is 0 Å². The summed E-state index contributed by atoms with van der Waals surface area (Å²) >= 11 is 0. The second-order valence-corrected chi connectivity index (χ2v) is 10.6. The fraction of sp³-hybridized carbons (Fsp3) is 0.375. The second-order valence-electron chi connectivity index (χ2n) is 8.81. The number of anilines is 1. The molecule has 0 radical (unpaired) electrons. The minimum absolute atomic E-state index is 0.169. The first-order valence-corrected chi connectivity index (χ1v) is 12.8. The number of rotatable bonds is 6. The Hall–Kier alpha value is -3.01. The fourth-order valence-electron chi connectivity index (χ4n) is 4.23. The number of sulfonamides is 1. The van der Waals surface area contributed by atoms with Gasteiger partial charge in [-0.25, -0.2) is 8.42 Å². The Labute approximate surface area is 196 Å². The van der Waals surface area contributed by atoms with Gasteiger partial charge in [-0.05, 0) is 61.1 Å². The van der Waals surface area contributed by atoms with Crippen LogP contribution in [0.3, 0.4) is 0 Å². The molecule has 6 nitrogen and oxygen atoms in total. The lowest BCUT2D eigenvalue weighted by Gasteiger charge is -2.46.